The summed E-state index contributed by atoms with van der Waals surface area (Å²) in [5, 5.41) is 0. The van der Waals surface area contributed by atoms with E-state index in [-0.39, 0.29) is 0 Å². The molecule has 4 heteroatoms. The van der Waals surface area contributed by atoms with Crippen LogP contribution in [0.4, 0.5) is 0 Å². The third-order valence-corrected chi connectivity index (χ3v) is 5.72. The van der Waals surface area contributed by atoms with Gasteiger partial charge in [0.2, 0.25) is 0 Å². The largest absolute Gasteiger partial charge is 0.355 e. The van der Waals surface area contributed by atoms with E-state index in [1.165, 1.54) is 0 Å². The second-order valence-corrected chi connectivity index (χ2v) is 7.82. The minimum Gasteiger partial charge on any atom is -0.355 e. The number of H-pyrrole nitrogens is 2. The van der Waals surface area contributed by atoms with Gasteiger partial charge in [-0.25, -0.2) is 9.97 Å². The first kappa shape index (κ1) is 17.7. The highest BCUT2D eigenvalue weighted by Crippen LogP contribution is 2.29. The van der Waals surface area contributed by atoms with Crippen LogP contribution in [-0.2, 0) is 0 Å². The molecule has 6 rings (SSSR count). The van der Waals surface area contributed by atoms with Crippen molar-refractivity contribution in [3.05, 3.63) is 95.1 Å². The summed E-state index contributed by atoms with van der Waals surface area (Å²) < 4.78 is 0. The summed E-state index contributed by atoms with van der Waals surface area (Å²) in [7, 11) is 0. The molecule has 4 nitrogen and oxygen atoms in total. The standard InChI is InChI=1S/C27H20N4/c1-17-23-11-7-19(28-23)15-21-9-13-25(30-21)27(18-5-3-2-4-6-18)26-14-10-22(31-26)16-20-8-12-24(17)29-20/h2-16,30-31H,1H3. The minimum absolute atomic E-state index is 0.927. The van der Waals surface area contributed by atoms with E-state index in [0.717, 1.165) is 61.5 Å². The predicted molar refractivity (Wildman–Crippen MR) is 129 cm³/mol. The van der Waals surface area contributed by atoms with E-state index in [1.54, 1.807) is 0 Å². The van der Waals surface area contributed by atoms with E-state index < -0.39 is 0 Å². The molecule has 2 N–H and O–H groups in total. The summed E-state index contributed by atoms with van der Waals surface area (Å²) in [6, 6.07) is 23.0. The van der Waals surface area contributed by atoms with E-state index in [2.05, 4.69) is 89.7 Å². The number of fused-ring (bicyclic) bond motifs is 8. The highest BCUT2D eigenvalue weighted by molar-refractivity contribution is 5.93. The summed E-state index contributed by atoms with van der Waals surface area (Å²) in [6.45, 7) is 2.07. The van der Waals surface area contributed by atoms with Crippen molar-refractivity contribution in [3.8, 4) is 11.1 Å². The quantitative estimate of drug-likeness (QED) is 0.325. The van der Waals surface area contributed by atoms with Gasteiger partial charge in [0, 0.05) is 33.2 Å². The molecule has 0 spiro atoms. The van der Waals surface area contributed by atoms with Crippen LogP contribution in [0.15, 0.2) is 66.7 Å². The molecule has 1 aromatic carbocycles. The summed E-state index contributed by atoms with van der Waals surface area (Å²) in [6.07, 6.45) is 8.21. The molecule has 0 fully saturated rings. The van der Waals surface area contributed by atoms with E-state index in [4.69, 9.17) is 9.97 Å². The van der Waals surface area contributed by atoms with Gasteiger partial charge in [-0.1, -0.05) is 30.3 Å². The van der Waals surface area contributed by atoms with Crippen molar-refractivity contribution in [2.75, 3.05) is 0 Å². The molecule has 0 amide bonds. The molecule has 148 valence electrons. The third kappa shape index (κ3) is 3.19. The van der Waals surface area contributed by atoms with Crippen LogP contribution in [0.3, 0.4) is 0 Å². The Balaban J connectivity index is 1.74. The summed E-state index contributed by atoms with van der Waals surface area (Å²) in [4.78, 5) is 16.7. The van der Waals surface area contributed by atoms with Crippen LogP contribution in [0.1, 0.15) is 28.3 Å². The van der Waals surface area contributed by atoms with E-state index in [9.17, 15) is 0 Å². The number of nitrogens with zero attached hydrogens (tertiary/aromatic N) is 2. The molecule has 0 unspecified atom stereocenters. The Labute approximate surface area is 179 Å². The van der Waals surface area contributed by atoms with E-state index in [1.807, 2.05) is 18.2 Å². The van der Waals surface area contributed by atoms with Gasteiger partial charge in [0.05, 0.1) is 22.8 Å². The van der Waals surface area contributed by atoms with Crippen molar-refractivity contribution >= 4 is 46.4 Å². The van der Waals surface area contributed by atoms with Crippen molar-refractivity contribution in [2.45, 2.75) is 6.92 Å². The van der Waals surface area contributed by atoms with Gasteiger partial charge in [-0.05, 0) is 73.2 Å². The molecule has 2 aliphatic rings. The molecule has 0 saturated carbocycles. The average molecular weight is 400 g/mol. The van der Waals surface area contributed by atoms with Crippen LogP contribution in [0.25, 0.3) is 57.5 Å². The zero-order chi connectivity index (χ0) is 20.8. The SMILES string of the molecule is Cc1c2nc(cc3ccc([nH]3)c(-c3ccccc3)c3ccc(cc4nc1C=C4)[nH]3)C=C2. The molecule has 0 saturated heterocycles. The van der Waals surface area contributed by atoms with Crippen molar-refractivity contribution in [1.29, 1.82) is 0 Å². The first-order valence-corrected chi connectivity index (χ1v) is 10.4. The molecular formula is C27H20N4. The lowest BCUT2D eigenvalue weighted by atomic mass is 10.1. The first-order chi connectivity index (χ1) is 15.2. The molecule has 4 aromatic rings. The van der Waals surface area contributed by atoms with Crippen LogP contribution in [-0.4, -0.2) is 19.9 Å². The molecule has 3 aromatic heterocycles. The molecular weight excluding hydrogens is 380 g/mol. The van der Waals surface area contributed by atoms with Gasteiger partial charge in [0.15, 0.2) is 0 Å². The Morgan fingerprint density at radius 2 is 1.16 bits per heavy atom. The molecule has 8 bridgehead atoms. The van der Waals surface area contributed by atoms with E-state index in [0.29, 0.717) is 0 Å². The highest BCUT2D eigenvalue weighted by atomic mass is 14.8. The first-order valence-electron chi connectivity index (χ1n) is 10.4. The zero-order valence-corrected chi connectivity index (χ0v) is 17.1. The van der Waals surface area contributed by atoms with Crippen molar-refractivity contribution in [2.24, 2.45) is 0 Å². The maximum atomic E-state index is 4.80. The fourth-order valence-electron chi connectivity index (χ4n) is 4.13. The molecule has 0 atom stereocenters. The van der Waals surface area contributed by atoms with Crippen LogP contribution >= 0.6 is 0 Å². The zero-order valence-electron chi connectivity index (χ0n) is 17.1. The molecule has 0 radical (unpaired) electrons. The number of benzene rings is 1. The second kappa shape index (κ2) is 6.96. The number of aromatic nitrogens is 4. The summed E-state index contributed by atoms with van der Waals surface area (Å²) in [5.74, 6) is 0. The van der Waals surface area contributed by atoms with Gasteiger partial charge in [-0.2, -0.15) is 0 Å². The average Bonchev–Trinajstić information content (AvgIpc) is 3.58. The van der Waals surface area contributed by atoms with Gasteiger partial charge in [0.1, 0.15) is 0 Å². The Bertz CT molecular complexity index is 1440. The second-order valence-electron chi connectivity index (χ2n) is 7.82. The minimum atomic E-state index is 0.927. The lowest BCUT2D eigenvalue weighted by Crippen LogP contribution is -1.85. The Hall–Kier alpha value is -4.18. The van der Waals surface area contributed by atoms with Crippen LogP contribution in [0.5, 0.6) is 0 Å². The molecule has 31 heavy (non-hydrogen) atoms. The Morgan fingerprint density at radius 3 is 1.71 bits per heavy atom. The predicted octanol–water partition coefficient (Wildman–Crippen LogP) is 6.63. The number of hydrogen-bond acceptors (Lipinski definition) is 2. The smallest absolute Gasteiger partial charge is 0.0688 e. The molecule has 2 aliphatic heterocycles. The van der Waals surface area contributed by atoms with Crippen molar-refractivity contribution < 1.29 is 0 Å². The van der Waals surface area contributed by atoms with Crippen LogP contribution in [0.2, 0.25) is 0 Å². The number of nitrogens with one attached hydrogen (secondary N) is 2. The fraction of sp³-hybridized carbons (Fsp3) is 0.0370. The van der Waals surface area contributed by atoms with Crippen LogP contribution in [0, 0.1) is 6.92 Å². The van der Waals surface area contributed by atoms with Gasteiger partial charge in [-0.15, -0.1) is 0 Å². The van der Waals surface area contributed by atoms with Gasteiger partial charge in [-0.3, -0.25) is 0 Å². The summed E-state index contributed by atoms with van der Waals surface area (Å²) >= 11 is 0. The van der Waals surface area contributed by atoms with Gasteiger partial charge >= 0.3 is 0 Å². The number of aromatic amines is 2. The normalized spacial score (nSPS) is 12.4. The topological polar surface area (TPSA) is 57.4 Å². The molecule has 5 heterocycles. The van der Waals surface area contributed by atoms with Crippen LogP contribution < -0.4 is 0 Å². The Morgan fingerprint density at radius 1 is 0.613 bits per heavy atom. The molecule has 0 aliphatic carbocycles. The van der Waals surface area contributed by atoms with Gasteiger partial charge < -0.3 is 9.97 Å². The monoisotopic (exact) mass is 400 g/mol. The van der Waals surface area contributed by atoms with E-state index >= 15 is 0 Å². The third-order valence-electron chi connectivity index (χ3n) is 5.72. The lowest BCUT2D eigenvalue weighted by molar-refractivity contribution is 1.21. The lowest BCUT2D eigenvalue weighted by Gasteiger charge is -2.02. The van der Waals surface area contributed by atoms with Crippen molar-refractivity contribution in [1.82, 2.24) is 19.9 Å². The Kier molecular flexibility index (Phi) is 3.96. The van der Waals surface area contributed by atoms with Gasteiger partial charge in [0.25, 0.3) is 0 Å². The number of hydrogen-bond donors (Lipinski definition) is 2. The number of rotatable bonds is 1. The summed E-state index contributed by atoms with van der Waals surface area (Å²) in [5.41, 5.74) is 11.3. The maximum Gasteiger partial charge on any atom is 0.0688 e. The van der Waals surface area contributed by atoms with Crippen molar-refractivity contribution in [3.63, 3.8) is 0 Å². The highest BCUT2D eigenvalue weighted by Gasteiger charge is 2.09. The fourth-order valence-corrected chi connectivity index (χ4v) is 4.13. The maximum absolute atomic E-state index is 4.80.